The van der Waals surface area contributed by atoms with E-state index < -0.39 is 0 Å². The summed E-state index contributed by atoms with van der Waals surface area (Å²) in [5.74, 6) is 0.108. The Kier molecular flexibility index (Phi) is 4.24. The molecule has 1 aromatic carbocycles. The van der Waals surface area contributed by atoms with E-state index in [0.29, 0.717) is 0 Å². The van der Waals surface area contributed by atoms with Crippen molar-refractivity contribution in [1.29, 1.82) is 0 Å². The lowest BCUT2D eigenvalue weighted by molar-refractivity contribution is 0.0954. The van der Waals surface area contributed by atoms with Gasteiger partial charge in [-0.15, -0.1) is 0 Å². The average molecular weight is 239 g/mol. The molecule has 0 bridgehead atoms. The van der Waals surface area contributed by atoms with Gasteiger partial charge >= 0.3 is 0 Å². The SMILES string of the molecule is CCCC(C(=O)c1ccccc1)c1cccnc1. The number of nitrogens with zero attached hydrogens (tertiary/aromatic N) is 1. The number of ketones is 1. The molecule has 0 aliphatic rings. The van der Waals surface area contributed by atoms with E-state index in [1.54, 1.807) is 12.4 Å². The average Bonchev–Trinajstić information content (AvgIpc) is 2.46. The van der Waals surface area contributed by atoms with Crippen molar-refractivity contribution >= 4 is 5.78 Å². The van der Waals surface area contributed by atoms with Crippen LogP contribution in [0.25, 0.3) is 0 Å². The van der Waals surface area contributed by atoms with Gasteiger partial charge in [0.25, 0.3) is 0 Å². The highest BCUT2D eigenvalue weighted by Gasteiger charge is 2.20. The Bertz CT molecular complexity index is 493. The summed E-state index contributed by atoms with van der Waals surface area (Å²) in [6, 6.07) is 13.3. The number of hydrogen-bond donors (Lipinski definition) is 0. The maximum Gasteiger partial charge on any atom is 0.170 e. The van der Waals surface area contributed by atoms with Gasteiger partial charge in [0.1, 0.15) is 0 Å². The van der Waals surface area contributed by atoms with Crippen LogP contribution in [0.15, 0.2) is 54.9 Å². The van der Waals surface area contributed by atoms with Gasteiger partial charge in [0.15, 0.2) is 5.78 Å². The van der Waals surface area contributed by atoms with Crippen LogP contribution in [0, 0.1) is 0 Å². The number of carbonyl (C=O) groups excluding carboxylic acids is 1. The normalized spacial score (nSPS) is 12.1. The molecule has 0 N–H and O–H groups in total. The number of pyridine rings is 1. The first-order valence-corrected chi connectivity index (χ1v) is 6.32. The summed E-state index contributed by atoms with van der Waals surface area (Å²) in [6.45, 7) is 2.10. The molecule has 1 aromatic heterocycles. The first kappa shape index (κ1) is 12.5. The first-order valence-electron chi connectivity index (χ1n) is 6.32. The Balaban J connectivity index is 2.29. The van der Waals surface area contributed by atoms with E-state index in [9.17, 15) is 4.79 Å². The molecule has 1 unspecified atom stereocenters. The van der Waals surface area contributed by atoms with Crippen molar-refractivity contribution in [2.24, 2.45) is 0 Å². The second-order valence-electron chi connectivity index (χ2n) is 4.36. The summed E-state index contributed by atoms with van der Waals surface area (Å²) in [4.78, 5) is 16.6. The van der Waals surface area contributed by atoms with Gasteiger partial charge in [0.2, 0.25) is 0 Å². The van der Waals surface area contributed by atoms with E-state index in [-0.39, 0.29) is 11.7 Å². The molecule has 0 radical (unpaired) electrons. The van der Waals surface area contributed by atoms with E-state index in [1.165, 1.54) is 0 Å². The molecule has 18 heavy (non-hydrogen) atoms. The zero-order chi connectivity index (χ0) is 12.8. The minimum Gasteiger partial charge on any atom is -0.293 e. The molecular weight excluding hydrogens is 222 g/mol. The van der Waals surface area contributed by atoms with Crippen LogP contribution in [-0.2, 0) is 0 Å². The topological polar surface area (TPSA) is 30.0 Å². The third kappa shape index (κ3) is 2.83. The zero-order valence-electron chi connectivity index (χ0n) is 10.5. The Hall–Kier alpha value is -1.96. The Morgan fingerprint density at radius 3 is 2.56 bits per heavy atom. The summed E-state index contributed by atoms with van der Waals surface area (Å²) in [5, 5.41) is 0. The van der Waals surface area contributed by atoms with Gasteiger partial charge in [-0.3, -0.25) is 9.78 Å². The van der Waals surface area contributed by atoms with Crippen molar-refractivity contribution in [3.05, 3.63) is 66.0 Å². The van der Waals surface area contributed by atoms with Crippen LogP contribution in [-0.4, -0.2) is 10.8 Å². The number of rotatable bonds is 5. The third-order valence-electron chi connectivity index (χ3n) is 3.04. The van der Waals surface area contributed by atoms with E-state index in [1.807, 2.05) is 42.5 Å². The molecule has 2 rings (SSSR count). The predicted molar refractivity (Wildman–Crippen MR) is 72.7 cm³/mol. The Labute approximate surface area is 108 Å². The number of benzene rings is 1. The lowest BCUT2D eigenvalue weighted by Gasteiger charge is -2.15. The van der Waals surface area contributed by atoms with Gasteiger partial charge in [-0.05, 0) is 18.1 Å². The molecule has 1 heterocycles. The van der Waals surface area contributed by atoms with E-state index >= 15 is 0 Å². The second kappa shape index (κ2) is 6.10. The fourth-order valence-electron chi connectivity index (χ4n) is 2.12. The lowest BCUT2D eigenvalue weighted by Crippen LogP contribution is -2.13. The van der Waals surface area contributed by atoms with Crippen LogP contribution in [0.1, 0.15) is 41.6 Å². The van der Waals surface area contributed by atoms with Crippen molar-refractivity contribution < 1.29 is 4.79 Å². The number of carbonyl (C=O) groups is 1. The fourth-order valence-corrected chi connectivity index (χ4v) is 2.12. The summed E-state index contributed by atoms with van der Waals surface area (Å²) in [5.41, 5.74) is 1.79. The largest absolute Gasteiger partial charge is 0.293 e. The van der Waals surface area contributed by atoms with Gasteiger partial charge < -0.3 is 0 Å². The molecule has 0 saturated heterocycles. The van der Waals surface area contributed by atoms with E-state index in [2.05, 4.69) is 11.9 Å². The van der Waals surface area contributed by atoms with Crippen LogP contribution in [0.3, 0.4) is 0 Å². The highest BCUT2D eigenvalue weighted by molar-refractivity contribution is 6.00. The van der Waals surface area contributed by atoms with Crippen molar-refractivity contribution in [3.63, 3.8) is 0 Å². The van der Waals surface area contributed by atoms with Crippen LogP contribution >= 0.6 is 0 Å². The Morgan fingerprint density at radius 1 is 1.17 bits per heavy atom. The van der Waals surface area contributed by atoms with E-state index in [0.717, 1.165) is 24.0 Å². The van der Waals surface area contributed by atoms with Crippen LogP contribution in [0.4, 0.5) is 0 Å². The fraction of sp³-hybridized carbons (Fsp3) is 0.250. The molecular formula is C16H17NO. The van der Waals surface area contributed by atoms with Gasteiger partial charge in [-0.1, -0.05) is 49.7 Å². The molecule has 0 fully saturated rings. The van der Waals surface area contributed by atoms with Crippen molar-refractivity contribution in [3.8, 4) is 0 Å². The molecule has 0 aliphatic heterocycles. The molecule has 2 aromatic rings. The van der Waals surface area contributed by atoms with Crippen LogP contribution < -0.4 is 0 Å². The van der Waals surface area contributed by atoms with Crippen molar-refractivity contribution in [2.45, 2.75) is 25.7 Å². The highest BCUT2D eigenvalue weighted by Crippen LogP contribution is 2.25. The summed E-state index contributed by atoms with van der Waals surface area (Å²) in [6.07, 6.45) is 5.37. The molecule has 0 amide bonds. The maximum absolute atomic E-state index is 12.5. The molecule has 0 saturated carbocycles. The smallest absolute Gasteiger partial charge is 0.170 e. The molecule has 0 spiro atoms. The monoisotopic (exact) mass is 239 g/mol. The van der Waals surface area contributed by atoms with Crippen LogP contribution in [0.5, 0.6) is 0 Å². The van der Waals surface area contributed by atoms with Gasteiger partial charge in [0.05, 0.1) is 0 Å². The second-order valence-corrected chi connectivity index (χ2v) is 4.36. The number of Topliss-reactive ketones (excluding diaryl/α,β-unsaturated/α-hetero) is 1. The van der Waals surface area contributed by atoms with Crippen LogP contribution in [0.2, 0.25) is 0 Å². The van der Waals surface area contributed by atoms with Crippen molar-refractivity contribution in [1.82, 2.24) is 4.98 Å². The number of hydrogen-bond acceptors (Lipinski definition) is 2. The maximum atomic E-state index is 12.5. The number of aromatic nitrogens is 1. The first-order chi connectivity index (χ1) is 8.83. The molecule has 2 heteroatoms. The quantitative estimate of drug-likeness (QED) is 0.742. The highest BCUT2D eigenvalue weighted by atomic mass is 16.1. The summed E-state index contributed by atoms with van der Waals surface area (Å²) < 4.78 is 0. The third-order valence-corrected chi connectivity index (χ3v) is 3.04. The summed E-state index contributed by atoms with van der Waals surface area (Å²) in [7, 11) is 0. The minimum atomic E-state index is -0.0777. The van der Waals surface area contributed by atoms with Gasteiger partial charge in [-0.2, -0.15) is 0 Å². The zero-order valence-corrected chi connectivity index (χ0v) is 10.5. The standard InChI is InChI=1S/C16H17NO/c1-2-7-15(14-10-6-11-17-12-14)16(18)13-8-4-3-5-9-13/h3-6,8-12,15H,2,7H2,1H3. The van der Waals surface area contributed by atoms with Crippen molar-refractivity contribution in [2.75, 3.05) is 0 Å². The summed E-state index contributed by atoms with van der Waals surface area (Å²) >= 11 is 0. The minimum absolute atomic E-state index is 0.0777. The molecule has 1 atom stereocenters. The van der Waals surface area contributed by atoms with E-state index in [4.69, 9.17) is 0 Å². The lowest BCUT2D eigenvalue weighted by atomic mass is 9.88. The van der Waals surface area contributed by atoms with Gasteiger partial charge in [0, 0.05) is 23.9 Å². The predicted octanol–water partition coefficient (Wildman–Crippen LogP) is 3.85. The Morgan fingerprint density at radius 2 is 1.94 bits per heavy atom. The molecule has 0 aliphatic carbocycles. The van der Waals surface area contributed by atoms with Gasteiger partial charge in [-0.25, -0.2) is 0 Å². The molecule has 2 nitrogen and oxygen atoms in total. The molecule has 92 valence electrons.